The van der Waals surface area contributed by atoms with Crippen molar-refractivity contribution >= 4 is 23.4 Å². The fraction of sp³-hybridized carbons (Fsp3) is 0.467. The second-order valence-electron chi connectivity index (χ2n) is 5.30. The molecule has 0 aliphatic carbocycles. The third-order valence-electron chi connectivity index (χ3n) is 3.88. The molecule has 0 saturated carbocycles. The molecule has 2 unspecified atom stereocenters. The lowest BCUT2D eigenvalue weighted by atomic mass is 10.0. The van der Waals surface area contributed by atoms with E-state index in [2.05, 4.69) is 5.32 Å². The van der Waals surface area contributed by atoms with E-state index in [9.17, 15) is 14.7 Å². The van der Waals surface area contributed by atoms with Gasteiger partial charge in [0, 0.05) is 17.1 Å². The van der Waals surface area contributed by atoms with Gasteiger partial charge in [-0.1, -0.05) is 24.6 Å². The second kappa shape index (κ2) is 6.91. The number of aliphatic hydroxyl groups is 1. The van der Waals surface area contributed by atoms with Gasteiger partial charge in [0.1, 0.15) is 0 Å². The van der Waals surface area contributed by atoms with Crippen molar-refractivity contribution in [2.24, 2.45) is 5.92 Å². The van der Waals surface area contributed by atoms with Crippen LogP contribution in [0.2, 0.25) is 5.02 Å². The van der Waals surface area contributed by atoms with Crippen LogP contribution in [0.3, 0.4) is 0 Å². The van der Waals surface area contributed by atoms with E-state index in [1.807, 2.05) is 6.92 Å². The molecule has 0 aromatic heterocycles. The summed E-state index contributed by atoms with van der Waals surface area (Å²) in [6, 6.07) is 6.40. The summed E-state index contributed by atoms with van der Waals surface area (Å²) in [5, 5.41) is 12.4. The molecule has 2 atom stereocenters. The van der Waals surface area contributed by atoms with E-state index in [1.165, 1.54) is 0 Å². The number of aliphatic hydroxyl groups excluding tert-OH is 1. The van der Waals surface area contributed by atoms with Gasteiger partial charge >= 0.3 is 0 Å². The molecule has 1 aliphatic heterocycles. The number of hydrogen-bond acceptors (Lipinski definition) is 3. The summed E-state index contributed by atoms with van der Waals surface area (Å²) >= 11 is 5.83. The van der Waals surface area contributed by atoms with Crippen LogP contribution in [0.15, 0.2) is 24.3 Å². The van der Waals surface area contributed by atoms with Gasteiger partial charge in [-0.05, 0) is 30.5 Å². The van der Waals surface area contributed by atoms with E-state index in [1.54, 1.807) is 29.2 Å². The van der Waals surface area contributed by atoms with Crippen molar-refractivity contribution in [1.29, 1.82) is 0 Å². The number of rotatable bonds is 4. The number of nitrogens with zero attached hydrogens (tertiary/aromatic N) is 1. The largest absolute Gasteiger partial charge is 0.394 e. The highest BCUT2D eigenvalue weighted by Crippen LogP contribution is 2.23. The Bertz CT molecular complexity index is 535. The zero-order valence-corrected chi connectivity index (χ0v) is 12.6. The fourth-order valence-electron chi connectivity index (χ4n) is 2.59. The smallest absolute Gasteiger partial charge is 0.251 e. The summed E-state index contributed by atoms with van der Waals surface area (Å²) in [6.45, 7) is 2.51. The molecule has 1 aromatic carbocycles. The second-order valence-corrected chi connectivity index (χ2v) is 5.73. The van der Waals surface area contributed by atoms with Gasteiger partial charge in [-0.25, -0.2) is 0 Å². The lowest BCUT2D eigenvalue weighted by Gasteiger charge is -2.25. The number of hydrogen-bond donors (Lipinski definition) is 2. The molecule has 2 amide bonds. The maximum atomic E-state index is 12.1. The molecule has 5 nitrogen and oxygen atoms in total. The molecule has 0 spiro atoms. The first kappa shape index (κ1) is 15.8. The molecule has 21 heavy (non-hydrogen) atoms. The first-order valence-corrected chi connectivity index (χ1v) is 7.35. The molecule has 114 valence electrons. The number of amides is 2. The Morgan fingerprint density at radius 2 is 2.24 bits per heavy atom. The zero-order chi connectivity index (χ0) is 15.4. The molecule has 0 bridgehead atoms. The molecular weight excluding hydrogens is 292 g/mol. The predicted molar refractivity (Wildman–Crippen MR) is 80.2 cm³/mol. The Hall–Kier alpha value is -1.59. The van der Waals surface area contributed by atoms with Gasteiger partial charge in [-0.3, -0.25) is 9.59 Å². The maximum Gasteiger partial charge on any atom is 0.251 e. The number of carbonyl (C=O) groups excluding carboxylic acids is 2. The van der Waals surface area contributed by atoms with Crippen molar-refractivity contribution in [3.05, 3.63) is 34.9 Å². The van der Waals surface area contributed by atoms with E-state index in [0.29, 0.717) is 17.1 Å². The third-order valence-corrected chi connectivity index (χ3v) is 4.11. The quantitative estimate of drug-likeness (QED) is 0.880. The van der Waals surface area contributed by atoms with E-state index >= 15 is 0 Å². The topological polar surface area (TPSA) is 69.6 Å². The molecule has 1 heterocycles. The van der Waals surface area contributed by atoms with Gasteiger partial charge in [0.05, 0.1) is 19.2 Å². The fourth-order valence-corrected chi connectivity index (χ4v) is 2.78. The van der Waals surface area contributed by atoms with Crippen LogP contribution in [-0.4, -0.2) is 47.6 Å². The van der Waals surface area contributed by atoms with Gasteiger partial charge in [0.25, 0.3) is 5.91 Å². The van der Waals surface area contributed by atoms with Crippen LogP contribution in [0, 0.1) is 5.92 Å². The van der Waals surface area contributed by atoms with E-state index in [4.69, 9.17) is 11.6 Å². The van der Waals surface area contributed by atoms with Crippen molar-refractivity contribution in [3.63, 3.8) is 0 Å². The number of halogens is 1. The maximum absolute atomic E-state index is 12.1. The van der Waals surface area contributed by atoms with Gasteiger partial charge in [-0.2, -0.15) is 0 Å². The highest BCUT2D eigenvalue weighted by Gasteiger charge is 2.33. The minimum atomic E-state index is -0.335. The van der Waals surface area contributed by atoms with Crippen molar-refractivity contribution in [2.45, 2.75) is 19.4 Å². The molecule has 1 fully saturated rings. The van der Waals surface area contributed by atoms with Crippen LogP contribution in [0.4, 0.5) is 0 Å². The molecule has 0 radical (unpaired) electrons. The molecule has 1 aromatic rings. The zero-order valence-electron chi connectivity index (χ0n) is 11.9. The van der Waals surface area contributed by atoms with Gasteiger partial charge < -0.3 is 15.3 Å². The molecule has 2 N–H and O–H groups in total. The Balaban J connectivity index is 1.91. The summed E-state index contributed by atoms with van der Waals surface area (Å²) < 4.78 is 0. The van der Waals surface area contributed by atoms with Crippen molar-refractivity contribution < 1.29 is 14.7 Å². The highest BCUT2D eigenvalue weighted by molar-refractivity contribution is 6.30. The van der Waals surface area contributed by atoms with Crippen molar-refractivity contribution in [1.82, 2.24) is 10.2 Å². The van der Waals surface area contributed by atoms with Gasteiger partial charge in [-0.15, -0.1) is 0 Å². The number of likely N-dealkylation sites (tertiary alicyclic amines) is 1. The number of carbonyl (C=O) groups is 2. The SMILES string of the molecule is CC1CCN(C(=O)CNC(=O)c2cccc(Cl)c2)C1CO. The van der Waals surface area contributed by atoms with Gasteiger partial charge in [0.2, 0.25) is 5.91 Å². The first-order chi connectivity index (χ1) is 10.0. The first-order valence-electron chi connectivity index (χ1n) is 6.97. The standard InChI is InChI=1S/C15H19ClN2O3/c1-10-5-6-18(13(10)9-19)14(20)8-17-15(21)11-3-2-4-12(16)7-11/h2-4,7,10,13,19H,5-6,8-9H2,1H3,(H,17,21). The minimum absolute atomic E-state index is 0.0465. The Morgan fingerprint density at radius 3 is 2.90 bits per heavy atom. The Labute approximate surface area is 128 Å². The van der Waals surface area contributed by atoms with Crippen LogP contribution >= 0.6 is 11.6 Å². The minimum Gasteiger partial charge on any atom is -0.394 e. The van der Waals surface area contributed by atoms with E-state index in [0.717, 1.165) is 6.42 Å². The monoisotopic (exact) mass is 310 g/mol. The predicted octanol–water partition coefficient (Wildman–Crippen LogP) is 1.30. The number of nitrogens with one attached hydrogen (secondary N) is 1. The summed E-state index contributed by atoms with van der Waals surface area (Å²) in [7, 11) is 0. The van der Waals surface area contributed by atoms with Crippen LogP contribution in [0.1, 0.15) is 23.7 Å². The Kier molecular flexibility index (Phi) is 5.20. The third kappa shape index (κ3) is 3.74. The van der Waals surface area contributed by atoms with Crippen LogP contribution in [0.25, 0.3) is 0 Å². The lowest BCUT2D eigenvalue weighted by Crippen LogP contribution is -2.45. The molecule has 1 aliphatic rings. The Morgan fingerprint density at radius 1 is 1.48 bits per heavy atom. The van der Waals surface area contributed by atoms with Gasteiger partial charge in [0.15, 0.2) is 0 Å². The van der Waals surface area contributed by atoms with Crippen molar-refractivity contribution in [3.8, 4) is 0 Å². The number of benzene rings is 1. The van der Waals surface area contributed by atoms with Crippen LogP contribution < -0.4 is 5.32 Å². The highest BCUT2D eigenvalue weighted by atomic mass is 35.5. The van der Waals surface area contributed by atoms with Crippen LogP contribution in [0.5, 0.6) is 0 Å². The van der Waals surface area contributed by atoms with E-state index < -0.39 is 0 Å². The lowest BCUT2D eigenvalue weighted by molar-refractivity contribution is -0.132. The summed E-state index contributed by atoms with van der Waals surface area (Å²) in [5.74, 6) is -0.227. The van der Waals surface area contributed by atoms with Crippen LogP contribution in [-0.2, 0) is 4.79 Å². The molecule has 2 rings (SSSR count). The normalized spacial score (nSPS) is 21.4. The van der Waals surface area contributed by atoms with E-state index in [-0.39, 0.29) is 36.9 Å². The molecule has 1 saturated heterocycles. The molecule has 6 heteroatoms. The van der Waals surface area contributed by atoms with Crippen molar-refractivity contribution in [2.75, 3.05) is 19.7 Å². The summed E-state index contributed by atoms with van der Waals surface area (Å²) in [5.41, 5.74) is 0.420. The summed E-state index contributed by atoms with van der Waals surface area (Å²) in [4.78, 5) is 25.7. The average molecular weight is 311 g/mol. The summed E-state index contributed by atoms with van der Waals surface area (Å²) in [6.07, 6.45) is 0.874. The molecular formula is C15H19ClN2O3. The average Bonchev–Trinajstić information content (AvgIpc) is 2.85.